The molecule has 0 fully saturated rings. The second kappa shape index (κ2) is 3.23. The van der Waals surface area contributed by atoms with Gasteiger partial charge in [0.2, 0.25) is 0 Å². The lowest BCUT2D eigenvalue weighted by atomic mass is 10.0. The first-order chi connectivity index (χ1) is 6.17. The van der Waals surface area contributed by atoms with Gasteiger partial charge in [-0.1, -0.05) is 31.2 Å². The van der Waals surface area contributed by atoms with Gasteiger partial charge in [0.15, 0.2) is 0 Å². The maximum Gasteiger partial charge on any atom is 0.0884 e. The maximum absolute atomic E-state index is 4.66. The standard InChI is InChI=1S/C10H13NS2/c1-2-10(13)8-6-4-3-5-7(8)9(12)11-10/h3-6,9,11-13H,2H2,1H3. The summed E-state index contributed by atoms with van der Waals surface area (Å²) in [4.78, 5) is -0.191. The third kappa shape index (κ3) is 1.39. The molecule has 2 unspecified atom stereocenters. The predicted molar refractivity (Wildman–Crippen MR) is 62.3 cm³/mol. The summed E-state index contributed by atoms with van der Waals surface area (Å²) in [5, 5.41) is 3.49. The molecule has 3 heteroatoms. The summed E-state index contributed by atoms with van der Waals surface area (Å²) in [6.45, 7) is 2.13. The average Bonchev–Trinajstić information content (AvgIpc) is 2.42. The highest BCUT2D eigenvalue weighted by atomic mass is 32.1. The topological polar surface area (TPSA) is 12.0 Å². The fourth-order valence-electron chi connectivity index (χ4n) is 1.79. The summed E-state index contributed by atoms with van der Waals surface area (Å²) in [6, 6.07) is 8.31. The molecule has 1 N–H and O–H groups in total. The smallest absolute Gasteiger partial charge is 0.0884 e. The van der Waals surface area contributed by atoms with Gasteiger partial charge in [-0.25, -0.2) is 0 Å². The largest absolute Gasteiger partial charge is 0.284 e. The fraction of sp³-hybridized carbons (Fsp3) is 0.400. The molecule has 0 saturated carbocycles. The third-order valence-corrected chi connectivity index (χ3v) is 3.68. The SMILES string of the molecule is CCC1(S)NC(S)c2ccccc21. The minimum absolute atomic E-state index is 0.119. The fourth-order valence-corrected chi connectivity index (χ4v) is 2.67. The van der Waals surface area contributed by atoms with E-state index in [1.165, 1.54) is 11.1 Å². The van der Waals surface area contributed by atoms with E-state index in [2.05, 4.69) is 49.6 Å². The molecule has 0 bridgehead atoms. The van der Waals surface area contributed by atoms with Crippen LogP contribution in [-0.2, 0) is 4.87 Å². The summed E-state index contributed by atoms with van der Waals surface area (Å²) < 4.78 is 0. The first kappa shape index (κ1) is 9.44. The molecule has 1 aromatic rings. The van der Waals surface area contributed by atoms with Gasteiger partial charge in [0.1, 0.15) is 0 Å². The van der Waals surface area contributed by atoms with Crippen molar-refractivity contribution in [1.29, 1.82) is 0 Å². The number of rotatable bonds is 1. The van der Waals surface area contributed by atoms with Crippen LogP contribution in [0, 0.1) is 0 Å². The lowest BCUT2D eigenvalue weighted by Gasteiger charge is -2.23. The van der Waals surface area contributed by atoms with Gasteiger partial charge in [0, 0.05) is 0 Å². The Morgan fingerprint density at radius 3 is 2.85 bits per heavy atom. The van der Waals surface area contributed by atoms with E-state index in [0.717, 1.165) is 6.42 Å². The molecule has 0 aliphatic carbocycles. The zero-order valence-corrected chi connectivity index (χ0v) is 9.28. The van der Waals surface area contributed by atoms with Crippen LogP contribution in [0.2, 0.25) is 0 Å². The van der Waals surface area contributed by atoms with Crippen LogP contribution in [0.4, 0.5) is 0 Å². The molecule has 0 spiro atoms. The molecule has 1 aliphatic heterocycles. The number of hydrogen-bond acceptors (Lipinski definition) is 3. The van der Waals surface area contributed by atoms with Crippen molar-refractivity contribution in [3.05, 3.63) is 35.4 Å². The Hall–Kier alpha value is -0.120. The first-order valence-electron chi connectivity index (χ1n) is 4.45. The minimum atomic E-state index is -0.191. The molecule has 0 saturated heterocycles. The highest BCUT2D eigenvalue weighted by Gasteiger charge is 2.37. The van der Waals surface area contributed by atoms with Gasteiger partial charge in [0.05, 0.1) is 10.2 Å². The van der Waals surface area contributed by atoms with Gasteiger partial charge in [-0.15, -0.1) is 0 Å². The number of benzene rings is 1. The minimum Gasteiger partial charge on any atom is -0.284 e. The molecule has 13 heavy (non-hydrogen) atoms. The van der Waals surface area contributed by atoms with E-state index in [-0.39, 0.29) is 10.2 Å². The van der Waals surface area contributed by atoms with Crippen LogP contribution in [0.25, 0.3) is 0 Å². The van der Waals surface area contributed by atoms with Gasteiger partial charge < -0.3 is 0 Å². The van der Waals surface area contributed by atoms with Crippen molar-refractivity contribution >= 4 is 25.3 Å². The lowest BCUT2D eigenvalue weighted by molar-refractivity contribution is 0.512. The molecule has 1 aromatic carbocycles. The van der Waals surface area contributed by atoms with E-state index in [0.29, 0.717) is 0 Å². The van der Waals surface area contributed by atoms with Crippen molar-refractivity contribution in [2.75, 3.05) is 0 Å². The molecule has 1 nitrogen and oxygen atoms in total. The van der Waals surface area contributed by atoms with Crippen LogP contribution in [-0.4, -0.2) is 0 Å². The Labute approximate surface area is 89.7 Å². The van der Waals surface area contributed by atoms with Gasteiger partial charge >= 0.3 is 0 Å². The van der Waals surface area contributed by atoms with Gasteiger partial charge in [-0.2, -0.15) is 25.3 Å². The van der Waals surface area contributed by atoms with Crippen LogP contribution in [0.5, 0.6) is 0 Å². The Morgan fingerprint density at radius 1 is 1.46 bits per heavy atom. The zero-order valence-electron chi connectivity index (χ0n) is 7.49. The van der Waals surface area contributed by atoms with E-state index in [9.17, 15) is 0 Å². The molecule has 0 amide bonds. The lowest BCUT2D eigenvalue weighted by Crippen LogP contribution is -2.30. The summed E-state index contributed by atoms with van der Waals surface area (Å²) in [6.07, 6.45) is 0.962. The monoisotopic (exact) mass is 211 g/mol. The quantitative estimate of drug-likeness (QED) is 0.607. The summed E-state index contributed by atoms with van der Waals surface area (Å²) >= 11 is 9.14. The second-order valence-corrected chi connectivity index (χ2v) is 4.63. The summed E-state index contributed by atoms with van der Waals surface area (Å²) in [7, 11) is 0. The molecule has 70 valence electrons. The van der Waals surface area contributed by atoms with Crippen molar-refractivity contribution in [1.82, 2.24) is 5.32 Å². The van der Waals surface area contributed by atoms with Crippen molar-refractivity contribution < 1.29 is 0 Å². The van der Waals surface area contributed by atoms with Crippen molar-refractivity contribution in [3.8, 4) is 0 Å². The Kier molecular flexibility index (Phi) is 2.34. The van der Waals surface area contributed by atoms with E-state index in [4.69, 9.17) is 0 Å². The molecular weight excluding hydrogens is 198 g/mol. The van der Waals surface area contributed by atoms with Crippen LogP contribution < -0.4 is 5.32 Å². The second-order valence-electron chi connectivity index (χ2n) is 3.35. The Morgan fingerprint density at radius 2 is 2.15 bits per heavy atom. The van der Waals surface area contributed by atoms with E-state index >= 15 is 0 Å². The summed E-state index contributed by atoms with van der Waals surface area (Å²) in [5.74, 6) is 0. The highest BCUT2D eigenvalue weighted by Crippen LogP contribution is 2.43. The van der Waals surface area contributed by atoms with Crippen LogP contribution in [0.1, 0.15) is 29.8 Å². The molecule has 0 radical (unpaired) electrons. The van der Waals surface area contributed by atoms with E-state index in [1.807, 2.05) is 12.1 Å². The normalized spacial score (nSPS) is 31.8. The number of thiol groups is 2. The van der Waals surface area contributed by atoms with Crippen molar-refractivity contribution in [2.24, 2.45) is 0 Å². The summed E-state index contributed by atoms with van der Waals surface area (Å²) in [5.41, 5.74) is 2.52. The molecule has 1 heterocycles. The Bertz CT molecular complexity index is 326. The van der Waals surface area contributed by atoms with E-state index in [1.54, 1.807) is 0 Å². The Balaban J connectivity index is 2.53. The van der Waals surface area contributed by atoms with Gasteiger partial charge in [-0.3, -0.25) is 5.32 Å². The maximum atomic E-state index is 4.66. The number of fused-ring (bicyclic) bond motifs is 1. The van der Waals surface area contributed by atoms with Crippen molar-refractivity contribution in [3.63, 3.8) is 0 Å². The molecule has 0 aromatic heterocycles. The van der Waals surface area contributed by atoms with Crippen LogP contribution >= 0.6 is 25.3 Å². The van der Waals surface area contributed by atoms with Crippen LogP contribution in [0.15, 0.2) is 24.3 Å². The molecule has 2 rings (SSSR count). The molecular formula is C10H13NS2. The molecule has 1 aliphatic rings. The average molecular weight is 211 g/mol. The predicted octanol–water partition coefficient (Wildman–Crippen LogP) is 2.71. The highest BCUT2D eigenvalue weighted by molar-refractivity contribution is 7.82. The van der Waals surface area contributed by atoms with Crippen LogP contribution in [0.3, 0.4) is 0 Å². The van der Waals surface area contributed by atoms with E-state index < -0.39 is 0 Å². The third-order valence-electron chi connectivity index (χ3n) is 2.59. The van der Waals surface area contributed by atoms with Crippen molar-refractivity contribution in [2.45, 2.75) is 23.6 Å². The molecule has 2 atom stereocenters. The van der Waals surface area contributed by atoms with Gasteiger partial charge in [-0.05, 0) is 17.5 Å². The first-order valence-corrected chi connectivity index (χ1v) is 5.41. The number of hydrogen-bond donors (Lipinski definition) is 3. The zero-order chi connectivity index (χ0) is 9.47. The number of nitrogens with one attached hydrogen (secondary N) is 1. The van der Waals surface area contributed by atoms with Gasteiger partial charge in [0.25, 0.3) is 0 Å².